The number of imidazole rings is 1. The van der Waals surface area contributed by atoms with E-state index in [-0.39, 0.29) is 11.4 Å². The van der Waals surface area contributed by atoms with E-state index in [1.165, 1.54) is 12.1 Å². The van der Waals surface area contributed by atoms with E-state index in [2.05, 4.69) is 4.98 Å². The van der Waals surface area contributed by atoms with Crippen molar-refractivity contribution in [2.24, 2.45) is 0 Å². The fraction of sp³-hybridized carbons (Fsp3) is 0.158. The summed E-state index contributed by atoms with van der Waals surface area (Å²) in [7, 11) is 1.57. The Balaban J connectivity index is 1.92. The molecule has 0 unspecified atom stereocenters. The normalized spacial score (nSPS) is 11.4. The number of methoxy groups -OCH3 is 1. The molecule has 8 heteroatoms. The van der Waals surface area contributed by atoms with Gasteiger partial charge in [0.05, 0.1) is 12.7 Å². The Bertz CT molecular complexity index is 966. The Morgan fingerprint density at radius 1 is 1.19 bits per heavy atom. The van der Waals surface area contributed by atoms with Gasteiger partial charge in [0, 0.05) is 18.3 Å². The smallest absolute Gasteiger partial charge is 0.416 e. The molecule has 0 amide bonds. The number of hydrogen-bond acceptors (Lipinski definition) is 3. The number of rotatable bonds is 5. The highest BCUT2D eigenvalue weighted by molar-refractivity contribution is 14.1. The average Bonchev–Trinajstić information content (AvgIpc) is 3.01. The van der Waals surface area contributed by atoms with E-state index < -0.39 is 17.5 Å². The van der Waals surface area contributed by atoms with Gasteiger partial charge in [-0.15, -0.1) is 0 Å². The Kier molecular flexibility index (Phi) is 5.54. The molecule has 3 aromatic rings. The van der Waals surface area contributed by atoms with Crippen LogP contribution in [0.4, 0.5) is 13.2 Å². The molecule has 140 valence electrons. The highest BCUT2D eigenvalue weighted by atomic mass is 127. The fourth-order valence-corrected chi connectivity index (χ4v) is 3.14. The second kappa shape index (κ2) is 7.71. The molecular weight excluding hydrogens is 472 g/mol. The van der Waals surface area contributed by atoms with Gasteiger partial charge in [-0.05, 0) is 52.4 Å². The number of aromatic nitrogens is 2. The quantitative estimate of drug-likeness (QED) is 0.385. The van der Waals surface area contributed by atoms with E-state index >= 15 is 0 Å². The van der Waals surface area contributed by atoms with Gasteiger partial charge in [-0.25, -0.2) is 4.98 Å². The van der Waals surface area contributed by atoms with Crippen molar-refractivity contribution < 1.29 is 22.7 Å². The first-order valence-electron chi connectivity index (χ1n) is 7.85. The summed E-state index contributed by atoms with van der Waals surface area (Å²) in [6.45, 7) is 0.361. The first kappa shape index (κ1) is 19.4. The maximum Gasteiger partial charge on any atom is 0.416 e. The molecule has 2 aromatic carbocycles. The van der Waals surface area contributed by atoms with Crippen LogP contribution in [0.5, 0.6) is 5.75 Å². The Hall–Kier alpha value is -2.36. The standard InChI is InChI=1S/C19H14F3IN2O2/c1-27-15-7-5-12(6-8-15)10-25-11-16(23)24-18(25)17(26)13-3-2-4-14(9-13)19(20,21)22/h2-9,11H,10H2,1H3. The molecule has 0 aliphatic carbocycles. The van der Waals surface area contributed by atoms with Gasteiger partial charge in [-0.2, -0.15) is 13.2 Å². The summed E-state index contributed by atoms with van der Waals surface area (Å²) < 4.78 is 46.1. The van der Waals surface area contributed by atoms with Crippen molar-refractivity contribution in [2.75, 3.05) is 7.11 Å². The number of benzene rings is 2. The van der Waals surface area contributed by atoms with Crippen LogP contribution in [0.15, 0.2) is 54.7 Å². The number of halogens is 4. The van der Waals surface area contributed by atoms with Crippen molar-refractivity contribution >= 4 is 28.4 Å². The first-order valence-corrected chi connectivity index (χ1v) is 8.93. The lowest BCUT2D eigenvalue weighted by Gasteiger charge is -2.10. The van der Waals surface area contributed by atoms with Crippen LogP contribution >= 0.6 is 22.6 Å². The van der Waals surface area contributed by atoms with Crippen LogP contribution in [0.25, 0.3) is 0 Å². The Morgan fingerprint density at radius 3 is 2.52 bits per heavy atom. The minimum absolute atomic E-state index is 0.0530. The predicted molar refractivity (Wildman–Crippen MR) is 102 cm³/mol. The molecule has 0 N–H and O–H groups in total. The number of carbonyl (C=O) groups is 1. The molecule has 0 saturated heterocycles. The number of alkyl halides is 3. The zero-order chi connectivity index (χ0) is 19.6. The minimum atomic E-state index is -4.51. The SMILES string of the molecule is COc1ccc(Cn2cc(I)nc2C(=O)c2cccc(C(F)(F)F)c2)cc1. The molecule has 0 radical (unpaired) electrons. The van der Waals surface area contributed by atoms with E-state index in [0.717, 1.165) is 17.7 Å². The molecule has 0 spiro atoms. The maximum absolute atomic E-state index is 12.9. The number of hydrogen-bond donors (Lipinski definition) is 0. The van der Waals surface area contributed by atoms with Crippen molar-refractivity contribution in [1.82, 2.24) is 9.55 Å². The van der Waals surface area contributed by atoms with Crippen LogP contribution in [0.2, 0.25) is 0 Å². The van der Waals surface area contributed by atoms with E-state index in [9.17, 15) is 18.0 Å². The summed E-state index contributed by atoms with van der Waals surface area (Å²) in [6, 6.07) is 11.7. The van der Waals surface area contributed by atoms with Crippen molar-refractivity contribution in [1.29, 1.82) is 0 Å². The number of carbonyl (C=O) groups excluding carboxylic acids is 1. The van der Waals surface area contributed by atoms with Crippen LogP contribution in [0, 0.1) is 3.70 Å². The molecule has 0 saturated carbocycles. The molecular formula is C19H14F3IN2O2. The van der Waals surface area contributed by atoms with Gasteiger partial charge < -0.3 is 9.30 Å². The molecule has 27 heavy (non-hydrogen) atoms. The Morgan fingerprint density at radius 2 is 1.89 bits per heavy atom. The van der Waals surface area contributed by atoms with E-state index in [1.807, 2.05) is 34.7 Å². The van der Waals surface area contributed by atoms with E-state index in [1.54, 1.807) is 30.0 Å². The van der Waals surface area contributed by atoms with Crippen LogP contribution < -0.4 is 4.74 Å². The van der Waals surface area contributed by atoms with Crippen LogP contribution in [-0.2, 0) is 12.7 Å². The van der Waals surface area contributed by atoms with Crippen LogP contribution in [0.3, 0.4) is 0 Å². The second-order valence-corrected chi connectivity index (χ2v) is 6.88. The summed E-state index contributed by atoms with van der Waals surface area (Å²) in [5, 5.41) is 0. The third kappa shape index (κ3) is 4.49. The molecule has 3 rings (SSSR count). The fourth-order valence-electron chi connectivity index (χ4n) is 2.58. The summed E-state index contributed by atoms with van der Waals surface area (Å²) >= 11 is 1.97. The monoisotopic (exact) mass is 486 g/mol. The molecule has 0 aliphatic rings. The van der Waals surface area contributed by atoms with Gasteiger partial charge in [0.1, 0.15) is 9.45 Å². The average molecular weight is 486 g/mol. The van der Waals surface area contributed by atoms with Crippen LogP contribution in [-0.4, -0.2) is 22.4 Å². The highest BCUT2D eigenvalue weighted by Gasteiger charge is 2.31. The van der Waals surface area contributed by atoms with Crippen molar-refractivity contribution in [3.63, 3.8) is 0 Å². The first-order chi connectivity index (χ1) is 12.8. The minimum Gasteiger partial charge on any atom is -0.497 e. The Labute approximate surface area is 167 Å². The van der Waals surface area contributed by atoms with Crippen molar-refractivity contribution in [2.45, 2.75) is 12.7 Å². The van der Waals surface area contributed by atoms with Gasteiger partial charge in [-0.3, -0.25) is 4.79 Å². The third-order valence-electron chi connectivity index (χ3n) is 3.91. The molecule has 4 nitrogen and oxygen atoms in total. The largest absolute Gasteiger partial charge is 0.497 e. The number of ether oxygens (including phenoxy) is 1. The molecule has 1 aromatic heterocycles. The summed E-state index contributed by atoms with van der Waals surface area (Å²) in [6.07, 6.45) is -2.82. The lowest BCUT2D eigenvalue weighted by molar-refractivity contribution is -0.137. The molecule has 0 aliphatic heterocycles. The van der Waals surface area contributed by atoms with Gasteiger partial charge >= 0.3 is 6.18 Å². The number of ketones is 1. The second-order valence-electron chi connectivity index (χ2n) is 5.77. The van der Waals surface area contributed by atoms with Gasteiger partial charge in [0.25, 0.3) is 0 Å². The van der Waals surface area contributed by atoms with E-state index in [4.69, 9.17) is 4.74 Å². The maximum atomic E-state index is 12.9. The van der Waals surface area contributed by atoms with Crippen LogP contribution in [0.1, 0.15) is 27.3 Å². The zero-order valence-corrected chi connectivity index (χ0v) is 16.3. The third-order valence-corrected chi connectivity index (χ3v) is 4.43. The molecule has 0 fully saturated rings. The van der Waals surface area contributed by atoms with Gasteiger partial charge in [0.2, 0.25) is 5.78 Å². The summed E-state index contributed by atoms with van der Waals surface area (Å²) in [5.41, 5.74) is -0.0122. The zero-order valence-electron chi connectivity index (χ0n) is 14.1. The molecule has 0 bridgehead atoms. The van der Waals surface area contributed by atoms with Gasteiger partial charge in [-0.1, -0.05) is 24.3 Å². The topological polar surface area (TPSA) is 44.1 Å². The molecule has 0 atom stereocenters. The van der Waals surface area contributed by atoms with Gasteiger partial charge in [0.15, 0.2) is 5.82 Å². The lowest BCUT2D eigenvalue weighted by atomic mass is 10.1. The predicted octanol–water partition coefficient (Wildman–Crippen LogP) is 4.79. The molecule has 1 heterocycles. The lowest BCUT2D eigenvalue weighted by Crippen LogP contribution is -2.13. The number of nitrogens with zero attached hydrogens (tertiary/aromatic N) is 2. The summed E-state index contributed by atoms with van der Waals surface area (Å²) in [5.74, 6) is 0.242. The van der Waals surface area contributed by atoms with E-state index in [0.29, 0.717) is 16.0 Å². The summed E-state index contributed by atoms with van der Waals surface area (Å²) in [4.78, 5) is 17.0. The van der Waals surface area contributed by atoms with Crippen molar-refractivity contribution in [3.8, 4) is 5.75 Å². The van der Waals surface area contributed by atoms with Crippen molar-refractivity contribution in [3.05, 3.63) is 80.9 Å². The highest BCUT2D eigenvalue weighted by Crippen LogP contribution is 2.30.